The SMILES string of the molecule is COCCCOc1cc(C(=O)N(C[C@@H]2CNCC2OC(=O)NCc2ccnc3ccccc23)C(C)C)ccc1OC. The molecule has 2 heterocycles. The molecule has 2 amide bonds. The third-order valence-electron chi connectivity index (χ3n) is 7.18. The highest BCUT2D eigenvalue weighted by molar-refractivity contribution is 5.95. The van der Waals surface area contributed by atoms with Gasteiger partial charge in [0.05, 0.1) is 19.2 Å². The Morgan fingerprint density at radius 3 is 2.68 bits per heavy atom. The van der Waals surface area contributed by atoms with E-state index in [0.29, 0.717) is 56.5 Å². The van der Waals surface area contributed by atoms with Crippen LogP contribution in [-0.2, 0) is 16.0 Å². The summed E-state index contributed by atoms with van der Waals surface area (Å²) in [5.41, 5.74) is 2.35. The number of rotatable bonds is 13. The molecule has 0 spiro atoms. The van der Waals surface area contributed by atoms with Crippen molar-refractivity contribution in [2.24, 2.45) is 5.92 Å². The molecular weight excluding hydrogens is 524 g/mol. The Morgan fingerprint density at radius 1 is 1.07 bits per heavy atom. The number of fused-ring (bicyclic) bond motifs is 1. The van der Waals surface area contributed by atoms with Crippen molar-refractivity contribution < 1.29 is 28.5 Å². The number of ether oxygens (including phenoxy) is 4. The van der Waals surface area contributed by atoms with Gasteiger partial charge in [-0.25, -0.2) is 4.79 Å². The molecule has 0 radical (unpaired) electrons. The van der Waals surface area contributed by atoms with E-state index >= 15 is 0 Å². The summed E-state index contributed by atoms with van der Waals surface area (Å²) < 4.78 is 22.2. The highest BCUT2D eigenvalue weighted by atomic mass is 16.6. The van der Waals surface area contributed by atoms with Crippen LogP contribution >= 0.6 is 0 Å². The largest absolute Gasteiger partial charge is 0.493 e. The number of benzene rings is 2. The maximum Gasteiger partial charge on any atom is 0.407 e. The quantitative estimate of drug-likeness (QED) is 0.300. The highest BCUT2D eigenvalue weighted by Crippen LogP contribution is 2.29. The van der Waals surface area contributed by atoms with Crippen LogP contribution in [0, 0.1) is 5.92 Å². The second-order valence-corrected chi connectivity index (χ2v) is 10.3. The zero-order chi connectivity index (χ0) is 29.2. The Morgan fingerprint density at radius 2 is 1.90 bits per heavy atom. The van der Waals surface area contributed by atoms with Crippen LogP contribution in [0.1, 0.15) is 36.2 Å². The number of pyridine rings is 1. The van der Waals surface area contributed by atoms with Crippen molar-refractivity contribution in [1.29, 1.82) is 0 Å². The molecular formula is C31H40N4O6. The van der Waals surface area contributed by atoms with Crippen molar-refractivity contribution in [1.82, 2.24) is 20.5 Å². The van der Waals surface area contributed by atoms with Gasteiger partial charge in [0, 0.05) is 75.4 Å². The topological polar surface area (TPSA) is 111 Å². The van der Waals surface area contributed by atoms with Crippen LogP contribution in [0.15, 0.2) is 54.7 Å². The zero-order valence-corrected chi connectivity index (χ0v) is 24.2. The van der Waals surface area contributed by atoms with Crippen LogP contribution in [0.4, 0.5) is 4.79 Å². The van der Waals surface area contributed by atoms with Gasteiger partial charge < -0.3 is 34.5 Å². The number of carbonyl (C=O) groups is 2. The van der Waals surface area contributed by atoms with Crippen LogP contribution in [0.3, 0.4) is 0 Å². The minimum Gasteiger partial charge on any atom is -0.493 e. The Balaban J connectivity index is 1.38. The smallest absolute Gasteiger partial charge is 0.407 e. The summed E-state index contributed by atoms with van der Waals surface area (Å²) in [6.07, 6.45) is 1.60. The molecule has 10 heteroatoms. The van der Waals surface area contributed by atoms with Crippen molar-refractivity contribution in [2.75, 3.05) is 47.1 Å². The van der Waals surface area contributed by atoms with E-state index in [9.17, 15) is 9.59 Å². The lowest BCUT2D eigenvalue weighted by Crippen LogP contribution is -2.44. The summed E-state index contributed by atoms with van der Waals surface area (Å²) in [6.45, 7) is 6.92. The van der Waals surface area contributed by atoms with Gasteiger partial charge in [-0.15, -0.1) is 0 Å². The van der Waals surface area contributed by atoms with Crippen LogP contribution < -0.4 is 20.1 Å². The van der Waals surface area contributed by atoms with E-state index in [1.165, 1.54) is 0 Å². The highest BCUT2D eigenvalue weighted by Gasteiger charge is 2.34. The maximum absolute atomic E-state index is 13.7. The number of methoxy groups -OCH3 is 2. The molecule has 0 aliphatic carbocycles. The predicted molar refractivity (Wildman–Crippen MR) is 156 cm³/mol. The van der Waals surface area contributed by atoms with Crippen molar-refractivity contribution in [2.45, 2.75) is 39.0 Å². The minimum absolute atomic E-state index is 0.0585. The number of amides is 2. The van der Waals surface area contributed by atoms with Crippen molar-refractivity contribution in [3.8, 4) is 11.5 Å². The van der Waals surface area contributed by atoms with E-state index < -0.39 is 6.09 Å². The molecule has 1 saturated heterocycles. The van der Waals surface area contributed by atoms with Gasteiger partial charge in [-0.05, 0) is 49.7 Å². The summed E-state index contributed by atoms with van der Waals surface area (Å²) in [6, 6.07) is 14.9. The molecule has 0 bridgehead atoms. The van der Waals surface area contributed by atoms with Gasteiger partial charge in [0.25, 0.3) is 5.91 Å². The first-order valence-electron chi connectivity index (χ1n) is 14.0. The Kier molecular flexibility index (Phi) is 10.8. The Hall–Kier alpha value is -3.89. The van der Waals surface area contributed by atoms with E-state index in [1.54, 1.807) is 38.6 Å². The lowest BCUT2D eigenvalue weighted by atomic mass is 10.0. The summed E-state index contributed by atoms with van der Waals surface area (Å²) in [4.78, 5) is 32.6. The van der Waals surface area contributed by atoms with Gasteiger partial charge in [0.15, 0.2) is 11.5 Å². The van der Waals surface area contributed by atoms with Crippen molar-refractivity contribution in [3.63, 3.8) is 0 Å². The van der Waals surface area contributed by atoms with Gasteiger partial charge in [0.1, 0.15) is 6.10 Å². The Labute approximate surface area is 241 Å². The predicted octanol–water partition coefficient (Wildman–Crippen LogP) is 4.02. The van der Waals surface area contributed by atoms with E-state index in [2.05, 4.69) is 15.6 Å². The van der Waals surface area contributed by atoms with Gasteiger partial charge in [-0.3, -0.25) is 9.78 Å². The molecule has 1 unspecified atom stereocenters. The van der Waals surface area contributed by atoms with Crippen LogP contribution in [-0.4, -0.2) is 81.1 Å². The number of carbonyl (C=O) groups excluding carboxylic acids is 2. The molecule has 4 rings (SSSR count). The van der Waals surface area contributed by atoms with Gasteiger partial charge >= 0.3 is 6.09 Å². The van der Waals surface area contributed by atoms with E-state index in [1.807, 2.05) is 49.1 Å². The third kappa shape index (κ3) is 7.86. The van der Waals surface area contributed by atoms with Crippen LogP contribution in [0.25, 0.3) is 10.9 Å². The molecule has 10 nitrogen and oxygen atoms in total. The molecule has 2 N–H and O–H groups in total. The van der Waals surface area contributed by atoms with Gasteiger partial charge in [-0.1, -0.05) is 18.2 Å². The summed E-state index contributed by atoms with van der Waals surface area (Å²) in [7, 11) is 3.22. The van der Waals surface area contributed by atoms with Crippen molar-refractivity contribution >= 4 is 22.9 Å². The molecule has 2 atom stereocenters. The molecule has 1 aromatic heterocycles. The fourth-order valence-electron chi connectivity index (χ4n) is 4.94. The summed E-state index contributed by atoms with van der Waals surface area (Å²) >= 11 is 0. The third-order valence-corrected chi connectivity index (χ3v) is 7.18. The monoisotopic (exact) mass is 564 g/mol. The first kappa shape index (κ1) is 30.1. The molecule has 1 fully saturated rings. The fourth-order valence-corrected chi connectivity index (χ4v) is 4.94. The van der Waals surface area contributed by atoms with Gasteiger partial charge in [-0.2, -0.15) is 0 Å². The average molecular weight is 565 g/mol. The second kappa shape index (κ2) is 14.7. The molecule has 3 aromatic rings. The molecule has 220 valence electrons. The maximum atomic E-state index is 13.7. The zero-order valence-electron chi connectivity index (χ0n) is 24.2. The van der Waals surface area contributed by atoms with E-state index in [-0.39, 0.29) is 24.0 Å². The molecule has 1 aliphatic rings. The lowest BCUT2D eigenvalue weighted by molar-refractivity contribution is 0.0521. The second-order valence-electron chi connectivity index (χ2n) is 10.3. The van der Waals surface area contributed by atoms with Gasteiger partial charge in [0.2, 0.25) is 0 Å². The first-order chi connectivity index (χ1) is 19.9. The molecule has 0 saturated carbocycles. The number of nitrogens with one attached hydrogen (secondary N) is 2. The number of alkyl carbamates (subject to hydrolysis) is 1. The number of aromatic nitrogens is 1. The van der Waals surface area contributed by atoms with Crippen LogP contribution in [0.5, 0.6) is 11.5 Å². The number of hydrogen-bond acceptors (Lipinski definition) is 8. The molecule has 1 aliphatic heterocycles. The van der Waals surface area contributed by atoms with E-state index in [0.717, 1.165) is 22.9 Å². The van der Waals surface area contributed by atoms with Crippen molar-refractivity contribution in [3.05, 3.63) is 65.9 Å². The normalized spacial score (nSPS) is 16.5. The fraction of sp³-hybridized carbons (Fsp3) is 0.452. The standard InChI is InChI=1S/C31H40N4O6/c1-21(2)35(30(36)22-10-11-27(39-4)28(16-22)40-15-7-14-38-3)20-24-17-32-19-29(24)41-31(37)34-18-23-12-13-33-26-9-6-5-8-25(23)26/h5-6,8-13,16,21,24,29,32H,7,14-15,17-20H2,1-4H3,(H,34,37)/t24-,29?/m0/s1. The van der Waals surface area contributed by atoms with Crippen LogP contribution in [0.2, 0.25) is 0 Å². The summed E-state index contributed by atoms with van der Waals surface area (Å²) in [5, 5.41) is 7.17. The molecule has 41 heavy (non-hydrogen) atoms. The first-order valence-corrected chi connectivity index (χ1v) is 14.0. The lowest BCUT2D eigenvalue weighted by Gasteiger charge is -2.31. The molecule has 2 aromatic carbocycles. The van der Waals surface area contributed by atoms with E-state index in [4.69, 9.17) is 18.9 Å². The Bertz CT molecular complexity index is 1310. The number of hydrogen-bond donors (Lipinski definition) is 2. The minimum atomic E-state index is -0.488. The average Bonchev–Trinajstić information content (AvgIpc) is 3.42. The number of para-hydroxylation sites is 1. The summed E-state index contributed by atoms with van der Waals surface area (Å²) in [5.74, 6) is 0.899. The number of nitrogens with zero attached hydrogens (tertiary/aromatic N) is 2.